The van der Waals surface area contributed by atoms with Gasteiger partial charge in [-0.2, -0.15) is 9.40 Å². The van der Waals surface area contributed by atoms with Gasteiger partial charge in [0.05, 0.1) is 22.2 Å². The number of nitrogens with zero attached hydrogens (tertiary/aromatic N) is 4. The summed E-state index contributed by atoms with van der Waals surface area (Å²) in [5, 5.41) is 4.79. The van der Waals surface area contributed by atoms with Crippen LogP contribution in [0.1, 0.15) is 54.1 Å². The standard InChI is InChI=1S/C24H29ClN4O3S/c1-4-27(5-2)24(30)21-16-26-29-13-10-19(14-23(21)29)18-8-11-28(12-9-18)33(31,32)20-7-6-17(3)22(25)15-20/h6-7,10,13-16,18H,4-5,8-9,11-12H2,1-3H3. The first-order valence-electron chi connectivity index (χ1n) is 11.3. The van der Waals surface area contributed by atoms with Gasteiger partial charge in [0, 0.05) is 37.4 Å². The number of pyridine rings is 1. The molecule has 0 bridgehead atoms. The maximum atomic E-state index is 13.1. The lowest BCUT2D eigenvalue weighted by Crippen LogP contribution is -2.37. The van der Waals surface area contributed by atoms with E-state index in [1.165, 1.54) is 10.4 Å². The number of piperidine rings is 1. The molecule has 3 aromatic rings. The van der Waals surface area contributed by atoms with Crippen molar-refractivity contribution in [2.45, 2.75) is 44.4 Å². The predicted molar refractivity (Wildman–Crippen MR) is 129 cm³/mol. The molecular weight excluding hydrogens is 460 g/mol. The summed E-state index contributed by atoms with van der Waals surface area (Å²) in [6, 6.07) is 8.92. The molecule has 0 saturated carbocycles. The van der Waals surface area contributed by atoms with Gasteiger partial charge in [0.1, 0.15) is 0 Å². The van der Waals surface area contributed by atoms with E-state index in [0.29, 0.717) is 49.6 Å². The first-order chi connectivity index (χ1) is 15.8. The van der Waals surface area contributed by atoms with Crippen molar-refractivity contribution in [1.82, 2.24) is 18.8 Å². The van der Waals surface area contributed by atoms with Gasteiger partial charge in [-0.25, -0.2) is 12.9 Å². The van der Waals surface area contributed by atoms with Gasteiger partial charge in [-0.3, -0.25) is 4.79 Å². The second kappa shape index (κ2) is 9.44. The summed E-state index contributed by atoms with van der Waals surface area (Å²) in [5.41, 5.74) is 3.33. The van der Waals surface area contributed by atoms with Crippen LogP contribution in [0, 0.1) is 6.92 Å². The van der Waals surface area contributed by atoms with Crippen LogP contribution in [0.5, 0.6) is 0 Å². The lowest BCUT2D eigenvalue weighted by Gasteiger charge is -2.31. The Kier molecular flexibility index (Phi) is 6.79. The first-order valence-corrected chi connectivity index (χ1v) is 13.1. The zero-order valence-corrected chi connectivity index (χ0v) is 20.7. The largest absolute Gasteiger partial charge is 0.339 e. The van der Waals surface area contributed by atoms with E-state index in [0.717, 1.165) is 16.6 Å². The Hall–Kier alpha value is -2.42. The summed E-state index contributed by atoms with van der Waals surface area (Å²) in [5.74, 6) is 0.194. The molecule has 1 fully saturated rings. The van der Waals surface area contributed by atoms with Crippen LogP contribution in [0.4, 0.5) is 0 Å². The van der Waals surface area contributed by atoms with Crippen LogP contribution >= 0.6 is 11.6 Å². The Balaban J connectivity index is 1.53. The molecule has 3 heterocycles. The predicted octanol–water partition coefficient (Wildman–Crippen LogP) is 4.35. The van der Waals surface area contributed by atoms with Gasteiger partial charge in [-0.15, -0.1) is 0 Å². The third-order valence-electron chi connectivity index (χ3n) is 6.53. The Morgan fingerprint density at radius 3 is 2.48 bits per heavy atom. The number of carbonyl (C=O) groups is 1. The maximum Gasteiger partial charge on any atom is 0.257 e. The van der Waals surface area contributed by atoms with E-state index < -0.39 is 10.0 Å². The second-order valence-corrected chi connectivity index (χ2v) is 10.8. The number of fused-ring (bicyclic) bond motifs is 1. The minimum Gasteiger partial charge on any atom is -0.339 e. The summed E-state index contributed by atoms with van der Waals surface area (Å²) >= 11 is 6.16. The highest BCUT2D eigenvalue weighted by Crippen LogP contribution is 2.32. The molecule has 33 heavy (non-hydrogen) atoms. The van der Waals surface area contributed by atoms with Crippen LogP contribution in [0.3, 0.4) is 0 Å². The van der Waals surface area contributed by atoms with Gasteiger partial charge in [-0.1, -0.05) is 17.7 Å². The molecule has 0 unspecified atom stereocenters. The third-order valence-corrected chi connectivity index (χ3v) is 8.83. The van der Waals surface area contributed by atoms with Crippen molar-refractivity contribution >= 4 is 33.0 Å². The van der Waals surface area contributed by atoms with Crippen molar-refractivity contribution in [1.29, 1.82) is 0 Å². The minimum atomic E-state index is -3.58. The Bertz CT molecular complexity index is 1280. The number of hydrogen-bond acceptors (Lipinski definition) is 4. The van der Waals surface area contributed by atoms with Crippen LogP contribution in [0.25, 0.3) is 5.52 Å². The summed E-state index contributed by atoms with van der Waals surface area (Å²) in [7, 11) is -3.58. The average molecular weight is 489 g/mol. The van der Waals surface area contributed by atoms with Crippen molar-refractivity contribution in [2.24, 2.45) is 0 Å². The van der Waals surface area contributed by atoms with Gasteiger partial charge in [-0.05, 0) is 74.9 Å². The molecule has 176 valence electrons. The quantitative estimate of drug-likeness (QED) is 0.517. The monoisotopic (exact) mass is 488 g/mol. The van der Waals surface area contributed by atoms with Gasteiger partial charge in [0.25, 0.3) is 5.91 Å². The molecular formula is C24H29ClN4O3S. The van der Waals surface area contributed by atoms with Crippen molar-refractivity contribution in [3.05, 3.63) is 64.4 Å². The summed E-state index contributed by atoms with van der Waals surface area (Å²) in [6.45, 7) is 7.94. The zero-order chi connectivity index (χ0) is 23.8. The smallest absolute Gasteiger partial charge is 0.257 e. The van der Waals surface area contributed by atoms with Gasteiger partial charge in [0.15, 0.2) is 0 Å². The van der Waals surface area contributed by atoms with E-state index >= 15 is 0 Å². The molecule has 4 rings (SSSR count). The molecule has 0 atom stereocenters. The van der Waals surface area contributed by atoms with Gasteiger partial charge in [0.2, 0.25) is 10.0 Å². The van der Waals surface area contributed by atoms with E-state index in [1.807, 2.05) is 39.1 Å². The molecule has 2 aromatic heterocycles. The summed E-state index contributed by atoms with van der Waals surface area (Å²) in [6.07, 6.45) is 4.92. The average Bonchev–Trinajstić information content (AvgIpc) is 3.25. The molecule has 1 saturated heterocycles. The highest BCUT2D eigenvalue weighted by molar-refractivity contribution is 7.89. The van der Waals surface area contributed by atoms with Crippen molar-refractivity contribution < 1.29 is 13.2 Å². The number of amides is 1. The van der Waals surface area contributed by atoms with E-state index in [1.54, 1.807) is 27.7 Å². The number of aromatic nitrogens is 2. The number of carbonyl (C=O) groups excluding carboxylic acids is 1. The van der Waals surface area contributed by atoms with E-state index in [-0.39, 0.29) is 16.7 Å². The van der Waals surface area contributed by atoms with E-state index in [4.69, 9.17) is 11.6 Å². The molecule has 1 aromatic carbocycles. The number of benzene rings is 1. The highest BCUT2D eigenvalue weighted by atomic mass is 35.5. The normalized spacial score (nSPS) is 15.8. The topological polar surface area (TPSA) is 75.0 Å². The third kappa shape index (κ3) is 4.52. The minimum absolute atomic E-state index is 0.0233. The molecule has 7 nitrogen and oxygen atoms in total. The van der Waals surface area contributed by atoms with Crippen molar-refractivity contribution in [3.63, 3.8) is 0 Å². The SMILES string of the molecule is CCN(CC)C(=O)c1cnn2ccc(C3CCN(S(=O)(=O)c4ccc(C)c(Cl)c4)CC3)cc12. The van der Waals surface area contributed by atoms with Crippen molar-refractivity contribution in [2.75, 3.05) is 26.2 Å². The number of aryl methyl sites for hydroxylation is 1. The zero-order valence-electron chi connectivity index (χ0n) is 19.2. The lowest BCUT2D eigenvalue weighted by molar-refractivity contribution is 0.0775. The lowest BCUT2D eigenvalue weighted by atomic mass is 9.90. The van der Waals surface area contributed by atoms with Crippen LogP contribution in [0.15, 0.2) is 47.6 Å². The fourth-order valence-corrected chi connectivity index (χ4v) is 6.15. The highest BCUT2D eigenvalue weighted by Gasteiger charge is 2.30. The number of halogens is 1. The fraction of sp³-hybridized carbons (Fsp3) is 0.417. The maximum absolute atomic E-state index is 13.1. The molecule has 1 aliphatic rings. The fourth-order valence-electron chi connectivity index (χ4n) is 4.41. The van der Waals surface area contributed by atoms with Crippen LogP contribution in [0.2, 0.25) is 5.02 Å². The molecule has 0 radical (unpaired) electrons. The summed E-state index contributed by atoms with van der Waals surface area (Å²) in [4.78, 5) is 14.9. The summed E-state index contributed by atoms with van der Waals surface area (Å²) < 4.78 is 29.4. The second-order valence-electron chi connectivity index (χ2n) is 8.41. The first kappa shape index (κ1) is 23.7. The Morgan fingerprint density at radius 2 is 1.85 bits per heavy atom. The van der Waals surface area contributed by atoms with E-state index in [9.17, 15) is 13.2 Å². The van der Waals surface area contributed by atoms with E-state index in [2.05, 4.69) is 5.10 Å². The Morgan fingerprint density at radius 1 is 1.15 bits per heavy atom. The van der Waals surface area contributed by atoms with Crippen LogP contribution < -0.4 is 0 Å². The van der Waals surface area contributed by atoms with Crippen LogP contribution in [-0.4, -0.2) is 59.3 Å². The van der Waals surface area contributed by atoms with Gasteiger partial charge < -0.3 is 4.90 Å². The van der Waals surface area contributed by atoms with Crippen molar-refractivity contribution in [3.8, 4) is 0 Å². The molecule has 9 heteroatoms. The van der Waals surface area contributed by atoms with Gasteiger partial charge >= 0.3 is 0 Å². The number of rotatable bonds is 6. The molecule has 1 amide bonds. The molecule has 1 aliphatic heterocycles. The molecule has 0 N–H and O–H groups in total. The Labute approximate surface area is 200 Å². The molecule has 0 spiro atoms. The number of hydrogen-bond donors (Lipinski definition) is 0. The molecule has 0 aliphatic carbocycles. The number of sulfonamides is 1. The van der Waals surface area contributed by atoms with Crippen LogP contribution in [-0.2, 0) is 10.0 Å².